The van der Waals surface area contributed by atoms with Gasteiger partial charge in [0.25, 0.3) is 0 Å². The first-order valence-corrected chi connectivity index (χ1v) is 6.38. The Morgan fingerprint density at radius 1 is 1.19 bits per heavy atom. The number of halogens is 2. The number of esters is 1. The van der Waals surface area contributed by atoms with E-state index >= 15 is 0 Å². The third-order valence-corrected chi connectivity index (χ3v) is 3.11. The van der Waals surface area contributed by atoms with Crippen LogP contribution in [0.15, 0.2) is 36.4 Å². The zero-order valence-corrected chi connectivity index (χ0v) is 11.7. The van der Waals surface area contributed by atoms with E-state index in [0.717, 1.165) is 0 Å². The molecular formula is C16H15F2NO2. The molecule has 0 unspecified atom stereocenters. The molecular weight excluding hydrogens is 276 g/mol. The lowest BCUT2D eigenvalue weighted by Crippen LogP contribution is -2.09. The molecule has 0 atom stereocenters. The maximum absolute atomic E-state index is 13.5. The number of anilines is 1. The van der Waals surface area contributed by atoms with Crippen LogP contribution in [0.2, 0.25) is 0 Å². The number of benzene rings is 2. The first-order valence-electron chi connectivity index (χ1n) is 6.38. The molecule has 0 saturated heterocycles. The second kappa shape index (κ2) is 6.35. The lowest BCUT2D eigenvalue weighted by atomic mass is 10.1. The number of hydrogen-bond acceptors (Lipinski definition) is 3. The first-order chi connectivity index (χ1) is 10.0. The Morgan fingerprint density at radius 3 is 2.62 bits per heavy atom. The number of hydrogen-bond donors (Lipinski definition) is 1. The number of aryl methyl sites for hydroxylation is 1. The molecule has 0 aliphatic carbocycles. The summed E-state index contributed by atoms with van der Waals surface area (Å²) in [6.07, 6.45) is 0. The Hall–Kier alpha value is -2.43. The van der Waals surface area contributed by atoms with E-state index in [0.29, 0.717) is 16.8 Å². The summed E-state index contributed by atoms with van der Waals surface area (Å²) in [6.45, 7) is 1.94. The van der Waals surface area contributed by atoms with Gasteiger partial charge in [0.15, 0.2) is 0 Å². The van der Waals surface area contributed by atoms with Crippen LogP contribution in [0.4, 0.5) is 14.5 Å². The average Bonchev–Trinajstić information content (AvgIpc) is 2.48. The number of rotatable bonds is 4. The second-order valence-electron chi connectivity index (χ2n) is 4.62. The summed E-state index contributed by atoms with van der Waals surface area (Å²) in [6, 6.07) is 8.57. The third kappa shape index (κ3) is 3.56. The fourth-order valence-electron chi connectivity index (χ4n) is 1.89. The van der Waals surface area contributed by atoms with Crippen LogP contribution in [-0.4, -0.2) is 13.1 Å². The van der Waals surface area contributed by atoms with E-state index < -0.39 is 11.8 Å². The van der Waals surface area contributed by atoms with Crippen molar-refractivity contribution in [3.8, 4) is 0 Å². The van der Waals surface area contributed by atoms with Gasteiger partial charge in [-0.1, -0.05) is 12.1 Å². The molecule has 0 radical (unpaired) electrons. The van der Waals surface area contributed by atoms with Crippen molar-refractivity contribution in [3.63, 3.8) is 0 Å². The second-order valence-corrected chi connectivity index (χ2v) is 4.62. The van der Waals surface area contributed by atoms with Crippen LogP contribution in [-0.2, 0) is 11.3 Å². The van der Waals surface area contributed by atoms with Crippen molar-refractivity contribution >= 4 is 11.7 Å². The number of nitrogens with one attached hydrogen (secondary N) is 1. The van der Waals surface area contributed by atoms with E-state index in [9.17, 15) is 13.6 Å². The maximum Gasteiger partial charge on any atom is 0.339 e. The number of carbonyl (C=O) groups excluding carboxylic acids is 1. The molecule has 0 saturated carbocycles. The predicted molar refractivity (Wildman–Crippen MR) is 76.2 cm³/mol. The molecule has 0 heterocycles. The van der Waals surface area contributed by atoms with Gasteiger partial charge in [0, 0.05) is 6.54 Å². The van der Waals surface area contributed by atoms with E-state index in [4.69, 9.17) is 0 Å². The van der Waals surface area contributed by atoms with Crippen molar-refractivity contribution in [3.05, 3.63) is 64.7 Å². The molecule has 0 spiro atoms. The Kier molecular flexibility index (Phi) is 4.52. The minimum atomic E-state index is -0.562. The molecule has 2 aromatic carbocycles. The zero-order chi connectivity index (χ0) is 15.4. The molecule has 2 aromatic rings. The van der Waals surface area contributed by atoms with Gasteiger partial charge in [-0.3, -0.25) is 0 Å². The van der Waals surface area contributed by atoms with Gasteiger partial charge in [-0.05, 0) is 42.3 Å². The highest BCUT2D eigenvalue weighted by molar-refractivity contribution is 5.95. The van der Waals surface area contributed by atoms with Gasteiger partial charge in [0.05, 0.1) is 18.4 Å². The molecule has 0 aromatic heterocycles. The highest BCUT2D eigenvalue weighted by atomic mass is 19.1. The zero-order valence-electron chi connectivity index (χ0n) is 11.7. The molecule has 3 nitrogen and oxygen atoms in total. The van der Waals surface area contributed by atoms with Gasteiger partial charge >= 0.3 is 5.97 Å². The summed E-state index contributed by atoms with van der Waals surface area (Å²) in [7, 11) is 1.25. The van der Waals surface area contributed by atoms with Crippen LogP contribution in [0, 0.1) is 18.6 Å². The van der Waals surface area contributed by atoms with Gasteiger partial charge in [0.2, 0.25) is 0 Å². The Labute approximate surface area is 121 Å². The summed E-state index contributed by atoms with van der Waals surface area (Å²) in [5.41, 5.74) is 1.78. The molecule has 1 N–H and O–H groups in total. The van der Waals surface area contributed by atoms with Crippen LogP contribution in [0.3, 0.4) is 0 Å². The van der Waals surface area contributed by atoms with E-state index in [1.807, 2.05) is 0 Å². The maximum atomic E-state index is 13.5. The summed E-state index contributed by atoms with van der Waals surface area (Å²) in [5.74, 6) is -1.34. The Morgan fingerprint density at radius 2 is 1.95 bits per heavy atom. The molecule has 2 rings (SSSR count). The van der Waals surface area contributed by atoms with Gasteiger partial charge in [0.1, 0.15) is 11.6 Å². The van der Waals surface area contributed by atoms with Crippen molar-refractivity contribution < 1.29 is 18.3 Å². The van der Waals surface area contributed by atoms with Gasteiger partial charge in [-0.15, -0.1) is 0 Å². The van der Waals surface area contributed by atoms with Crippen LogP contribution >= 0.6 is 0 Å². The normalized spacial score (nSPS) is 10.3. The fraction of sp³-hybridized carbons (Fsp3) is 0.188. The molecule has 0 aliphatic rings. The molecule has 0 bridgehead atoms. The molecule has 0 amide bonds. The molecule has 5 heteroatoms. The number of ether oxygens (including phenoxy) is 1. The van der Waals surface area contributed by atoms with E-state index in [-0.39, 0.29) is 17.9 Å². The van der Waals surface area contributed by atoms with E-state index in [2.05, 4.69) is 10.1 Å². The SMILES string of the molecule is COC(=O)c1ccc(F)cc1NCc1ccc(C)c(F)c1. The molecule has 0 fully saturated rings. The number of methoxy groups -OCH3 is 1. The van der Waals surface area contributed by atoms with Crippen LogP contribution in [0.1, 0.15) is 21.5 Å². The van der Waals surface area contributed by atoms with Crippen molar-refractivity contribution in [2.75, 3.05) is 12.4 Å². The van der Waals surface area contributed by atoms with Crippen molar-refractivity contribution in [2.24, 2.45) is 0 Å². The Balaban J connectivity index is 2.20. The largest absolute Gasteiger partial charge is 0.465 e. The van der Waals surface area contributed by atoms with Gasteiger partial charge < -0.3 is 10.1 Å². The third-order valence-electron chi connectivity index (χ3n) is 3.11. The lowest BCUT2D eigenvalue weighted by Gasteiger charge is -2.11. The average molecular weight is 291 g/mol. The fourth-order valence-corrected chi connectivity index (χ4v) is 1.89. The highest BCUT2D eigenvalue weighted by Gasteiger charge is 2.12. The van der Waals surface area contributed by atoms with Gasteiger partial charge in [-0.25, -0.2) is 13.6 Å². The minimum Gasteiger partial charge on any atom is -0.465 e. The predicted octanol–water partition coefficient (Wildman–Crippen LogP) is 3.67. The van der Waals surface area contributed by atoms with Crippen molar-refractivity contribution in [1.82, 2.24) is 0 Å². The Bertz CT molecular complexity index is 671. The first kappa shape index (κ1) is 15.0. The smallest absolute Gasteiger partial charge is 0.339 e. The van der Waals surface area contributed by atoms with E-state index in [1.165, 1.54) is 31.4 Å². The van der Waals surface area contributed by atoms with E-state index in [1.54, 1.807) is 19.1 Å². The van der Waals surface area contributed by atoms with Crippen molar-refractivity contribution in [2.45, 2.75) is 13.5 Å². The lowest BCUT2D eigenvalue weighted by molar-refractivity contribution is 0.0601. The summed E-state index contributed by atoms with van der Waals surface area (Å²) in [5, 5.41) is 2.92. The summed E-state index contributed by atoms with van der Waals surface area (Å²) in [4.78, 5) is 11.6. The summed E-state index contributed by atoms with van der Waals surface area (Å²) < 4.78 is 31.4. The molecule has 21 heavy (non-hydrogen) atoms. The monoisotopic (exact) mass is 291 g/mol. The van der Waals surface area contributed by atoms with Crippen LogP contribution < -0.4 is 5.32 Å². The summed E-state index contributed by atoms with van der Waals surface area (Å²) >= 11 is 0. The quantitative estimate of drug-likeness (QED) is 0.873. The van der Waals surface area contributed by atoms with Crippen LogP contribution in [0.25, 0.3) is 0 Å². The molecule has 110 valence electrons. The number of carbonyl (C=O) groups is 1. The minimum absolute atomic E-state index is 0.228. The standard InChI is InChI=1S/C16H15F2NO2/c1-10-3-4-11(7-14(10)18)9-19-15-8-12(17)5-6-13(15)16(20)21-2/h3-8,19H,9H2,1-2H3. The highest BCUT2D eigenvalue weighted by Crippen LogP contribution is 2.19. The topological polar surface area (TPSA) is 38.3 Å². The molecule has 0 aliphatic heterocycles. The van der Waals surface area contributed by atoms with Crippen LogP contribution in [0.5, 0.6) is 0 Å². The van der Waals surface area contributed by atoms with Crippen molar-refractivity contribution in [1.29, 1.82) is 0 Å². The van der Waals surface area contributed by atoms with Gasteiger partial charge in [-0.2, -0.15) is 0 Å².